The molecule has 1 saturated carbocycles. The average molecular weight is 465 g/mol. The molecule has 7 nitrogen and oxygen atoms in total. The van der Waals surface area contributed by atoms with E-state index >= 15 is 0 Å². The monoisotopic (exact) mass is 464 g/mol. The highest BCUT2D eigenvalue weighted by atomic mass is 16.5. The van der Waals surface area contributed by atoms with E-state index in [-0.39, 0.29) is 37.9 Å². The largest absolute Gasteiger partial charge is 0.481 e. The van der Waals surface area contributed by atoms with Crippen molar-refractivity contribution < 1.29 is 24.2 Å². The molecular formula is C27H32N2O5. The Bertz CT molecular complexity index is 1010. The summed E-state index contributed by atoms with van der Waals surface area (Å²) >= 11 is 0. The summed E-state index contributed by atoms with van der Waals surface area (Å²) in [5, 5.41) is 11.8. The smallest absolute Gasteiger partial charge is 0.407 e. The fraction of sp³-hybridized carbons (Fsp3) is 0.444. The van der Waals surface area contributed by atoms with Crippen LogP contribution in [0.3, 0.4) is 0 Å². The first kappa shape index (κ1) is 23.8. The Kier molecular flexibility index (Phi) is 7.20. The number of ether oxygens (including phenoxy) is 1. The topological polar surface area (TPSA) is 95.9 Å². The number of nitrogens with one attached hydrogen (secondary N) is 1. The molecule has 0 aliphatic heterocycles. The molecule has 0 heterocycles. The minimum atomic E-state index is -0.936. The number of alkyl carbamates (subject to hydrolysis) is 1. The first-order valence-electron chi connectivity index (χ1n) is 12.0. The van der Waals surface area contributed by atoms with Crippen LogP contribution in [-0.2, 0) is 14.3 Å². The Morgan fingerprint density at radius 2 is 1.59 bits per heavy atom. The molecule has 0 saturated heterocycles. The predicted molar refractivity (Wildman–Crippen MR) is 128 cm³/mol. The molecule has 0 aromatic heterocycles. The quantitative estimate of drug-likeness (QED) is 0.603. The van der Waals surface area contributed by atoms with E-state index < -0.39 is 17.5 Å². The Hall–Kier alpha value is -3.35. The van der Waals surface area contributed by atoms with Gasteiger partial charge in [0, 0.05) is 26.1 Å². The Morgan fingerprint density at radius 1 is 1.00 bits per heavy atom. The van der Waals surface area contributed by atoms with Crippen molar-refractivity contribution in [1.29, 1.82) is 0 Å². The van der Waals surface area contributed by atoms with Crippen molar-refractivity contribution in [1.82, 2.24) is 10.2 Å². The Morgan fingerprint density at radius 3 is 2.18 bits per heavy atom. The van der Waals surface area contributed by atoms with Gasteiger partial charge < -0.3 is 20.1 Å². The number of fused-ring (bicyclic) bond motifs is 3. The van der Waals surface area contributed by atoms with E-state index in [1.807, 2.05) is 24.3 Å². The standard InChI is InChI=1S/C27H32N2O5/c1-29(16-13-24(30)31)25(32)27(14-7-2-8-15-27)18-28-26(33)34-17-23-21-11-5-3-9-19(21)20-10-4-6-12-22(20)23/h3-6,9-12,23H,2,7-8,13-18H2,1H3,(H,28,33)(H,30,31). The Balaban J connectivity index is 1.38. The van der Waals surface area contributed by atoms with Crippen molar-refractivity contribution in [3.63, 3.8) is 0 Å². The van der Waals surface area contributed by atoms with Gasteiger partial charge in [-0.3, -0.25) is 9.59 Å². The molecule has 180 valence electrons. The van der Waals surface area contributed by atoms with Crippen LogP contribution in [0.25, 0.3) is 11.1 Å². The van der Waals surface area contributed by atoms with E-state index in [0.29, 0.717) is 12.8 Å². The number of rotatable bonds is 8. The number of carboxylic acids is 1. The molecule has 0 radical (unpaired) electrons. The summed E-state index contributed by atoms with van der Waals surface area (Å²) in [6, 6.07) is 16.3. The van der Waals surface area contributed by atoms with Crippen molar-refractivity contribution in [3.05, 3.63) is 59.7 Å². The molecule has 0 atom stereocenters. The molecule has 0 bridgehead atoms. The van der Waals surface area contributed by atoms with Crippen LogP contribution in [0.5, 0.6) is 0 Å². The van der Waals surface area contributed by atoms with Crippen LogP contribution in [0.15, 0.2) is 48.5 Å². The summed E-state index contributed by atoms with van der Waals surface area (Å²) in [7, 11) is 1.63. The maximum absolute atomic E-state index is 13.2. The second-order valence-electron chi connectivity index (χ2n) is 9.39. The lowest BCUT2D eigenvalue weighted by molar-refractivity contribution is -0.144. The van der Waals surface area contributed by atoms with Crippen molar-refractivity contribution in [2.45, 2.75) is 44.4 Å². The van der Waals surface area contributed by atoms with Crippen molar-refractivity contribution >= 4 is 18.0 Å². The van der Waals surface area contributed by atoms with Gasteiger partial charge in [-0.25, -0.2) is 4.79 Å². The third-order valence-electron chi connectivity index (χ3n) is 7.19. The number of hydrogen-bond donors (Lipinski definition) is 2. The highest BCUT2D eigenvalue weighted by Gasteiger charge is 2.41. The predicted octanol–water partition coefficient (Wildman–Crippen LogP) is 4.41. The highest BCUT2D eigenvalue weighted by molar-refractivity contribution is 5.84. The van der Waals surface area contributed by atoms with Crippen LogP contribution >= 0.6 is 0 Å². The number of aliphatic carboxylic acids is 1. The number of benzene rings is 2. The zero-order valence-corrected chi connectivity index (χ0v) is 19.6. The van der Waals surface area contributed by atoms with Gasteiger partial charge in [0.25, 0.3) is 0 Å². The first-order chi connectivity index (χ1) is 16.4. The molecule has 4 rings (SSSR count). The summed E-state index contributed by atoms with van der Waals surface area (Å²) in [6.45, 7) is 0.570. The molecule has 2 aliphatic rings. The normalized spacial score (nSPS) is 16.3. The van der Waals surface area contributed by atoms with E-state index in [4.69, 9.17) is 9.84 Å². The van der Waals surface area contributed by atoms with Crippen molar-refractivity contribution in [3.8, 4) is 11.1 Å². The number of nitrogens with zero attached hydrogens (tertiary/aromatic N) is 1. The maximum atomic E-state index is 13.2. The lowest BCUT2D eigenvalue weighted by Crippen LogP contribution is -2.50. The first-order valence-corrected chi connectivity index (χ1v) is 12.0. The second kappa shape index (κ2) is 10.3. The van der Waals surface area contributed by atoms with E-state index in [0.717, 1.165) is 30.4 Å². The van der Waals surface area contributed by atoms with E-state index in [2.05, 4.69) is 29.6 Å². The molecule has 0 spiro atoms. The van der Waals surface area contributed by atoms with Crippen LogP contribution in [0, 0.1) is 5.41 Å². The zero-order valence-electron chi connectivity index (χ0n) is 19.6. The van der Waals surface area contributed by atoms with Gasteiger partial charge in [-0.2, -0.15) is 0 Å². The van der Waals surface area contributed by atoms with E-state index in [1.165, 1.54) is 16.0 Å². The summed E-state index contributed by atoms with van der Waals surface area (Å²) < 4.78 is 5.64. The number of hydrogen-bond acceptors (Lipinski definition) is 4. The minimum Gasteiger partial charge on any atom is -0.481 e. The minimum absolute atomic E-state index is 0.0226. The molecule has 7 heteroatoms. The number of amides is 2. The number of carbonyl (C=O) groups excluding carboxylic acids is 2. The third kappa shape index (κ3) is 4.93. The molecule has 2 amide bonds. The molecule has 2 aliphatic carbocycles. The van der Waals surface area contributed by atoms with Gasteiger partial charge >= 0.3 is 12.1 Å². The van der Waals surface area contributed by atoms with Crippen LogP contribution in [-0.4, -0.2) is 54.7 Å². The van der Waals surface area contributed by atoms with Crippen molar-refractivity contribution in [2.75, 3.05) is 26.7 Å². The molecule has 2 N–H and O–H groups in total. The molecule has 34 heavy (non-hydrogen) atoms. The van der Waals surface area contributed by atoms with Gasteiger partial charge in [-0.15, -0.1) is 0 Å². The van der Waals surface area contributed by atoms with Gasteiger partial charge in [0.05, 0.1) is 11.8 Å². The fourth-order valence-corrected chi connectivity index (χ4v) is 5.36. The van der Waals surface area contributed by atoms with Crippen LogP contribution in [0.2, 0.25) is 0 Å². The van der Waals surface area contributed by atoms with Crippen LogP contribution in [0.4, 0.5) is 4.79 Å². The van der Waals surface area contributed by atoms with E-state index in [1.54, 1.807) is 7.05 Å². The van der Waals surface area contributed by atoms with Gasteiger partial charge in [-0.05, 0) is 35.1 Å². The second-order valence-corrected chi connectivity index (χ2v) is 9.39. The number of carbonyl (C=O) groups is 3. The molecule has 1 fully saturated rings. The molecular weight excluding hydrogens is 432 g/mol. The van der Waals surface area contributed by atoms with Crippen molar-refractivity contribution in [2.24, 2.45) is 5.41 Å². The Labute approximate surface area is 200 Å². The summed E-state index contributed by atoms with van der Waals surface area (Å²) in [5.41, 5.74) is 3.93. The highest BCUT2D eigenvalue weighted by Crippen LogP contribution is 2.44. The van der Waals surface area contributed by atoms with Gasteiger partial charge in [-0.1, -0.05) is 67.8 Å². The average Bonchev–Trinajstić information content (AvgIpc) is 3.18. The fourth-order valence-electron chi connectivity index (χ4n) is 5.36. The molecule has 0 unspecified atom stereocenters. The van der Waals surface area contributed by atoms with Crippen LogP contribution in [0.1, 0.15) is 55.6 Å². The number of carboxylic acid groups (broad SMARTS) is 1. The maximum Gasteiger partial charge on any atom is 0.407 e. The lowest BCUT2D eigenvalue weighted by atomic mass is 9.73. The van der Waals surface area contributed by atoms with Gasteiger partial charge in [0.1, 0.15) is 6.61 Å². The summed E-state index contributed by atoms with van der Waals surface area (Å²) in [6.07, 6.45) is 3.58. The molecule has 2 aromatic carbocycles. The van der Waals surface area contributed by atoms with Crippen LogP contribution < -0.4 is 5.32 Å². The van der Waals surface area contributed by atoms with E-state index in [9.17, 15) is 14.4 Å². The van der Waals surface area contributed by atoms with Gasteiger partial charge in [0.2, 0.25) is 5.91 Å². The SMILES string of the molecule is CN(CCC(=O)O)C(=O)C1(CNC(=O)OCC2c3ccccc3-c3ccccc32)CCCCC1. The summed E-state index contributed by atoms with van der Waals surface area (Å²) in [4.78, 5) is 38.3. The lowest BCUT2D eigenvalue weighted by Gasteiger charge is -2.38. The third-order valence-corrected chi connectivity index (χ3v) is 7.19. The molecule has 2 aromatic rings. The summed E-state index contributed by atoms with van der Waals surface area (Å²) in [5.74, 6) is -1.06. The zero-order chi connectivity index (χ0) is 24.1. The van der Waals surface area contributed by atoms with Gasteiger partial charge in [0.15, 0.2) is 0 Å².